The maximum absolute atomic E-state index is 13.0. The Labute approximate surface area is 192 Å². The molecule has 0 N–H and O–H groups in total. The van der Waals surface area contributed by atoms with Crippen molar-refractivity contribution in [2.45, 2.75) is 20.3 Å². The average Bonchev–Trinajstić information content (AvgIpc) is 2.80. The van der Waals surface area contributed by atoms with Crippen LogP contribution >= 0.6 is 0 Å². The molecule has 0 saturated carbocycles. The third-order valence-electron chi connectivity index (χ3n) is 3.92. The van der Waals surface area contributed by atoms with Gasteiger partial charge in [-0.3, -0.25) is 9.59 Å². The molecule has 3 aromatic rings. The Balaban J connectivity index is 0.000000451. The first-order valence-electron chi connectivity index (χ1n) is 9.71. The number of hydrogen-bond acceptors (Lipinski definition) is 5. The van der Waals surface area contributed by atoms with Crippen LogP contribution in [0.3, 0.4) is 0 Å². The molecule has 0 amide bonds. The van der Waals surface area contributed by atoms with Crippen molar-refractivity contribution in [2.24, 2.45) is 0 Å². The van der Waals surface area contributed by atoms with E-state index in [9.17, 15) is 24.0 Å². The summed E-state index contributed by atoms with van der Waals surface area (Å²) in [5.74, 6) is -0.125. The van der Waals surface area contributed by atoms with Crippen LogP contribution in [0.5, 0.6) is 0 Å². The van der Waals surface area contributed by atoms with Gasteiger partial charge in [-0.25, -0.2) is 0 Å². The summed E-state index contributed by atoms with van der Waals surface area (Å²) in [5, 5.41) is 0. The van der Waals surface area contributed by atoms with Crippen molar-refractivity contribution in [2.75, 3.05) is 0 Å². The third kappa shape index (κ3) is 7.40. The summed E-state index contributed by atoms with van der Waals surface area (Å²) in [6.07, 6.45) is 0.0833. The number of benzene rings is 3. The van der Waals surface area contributed by atoms with Gasteiger partial charge in [0.1, 0.15) is 11.6 Å². The van der Waals surface area contributed by atoms with Gasteiger partial charge < -0.3 is 0 Å². The van der Waals surface area contributed by atoms with Gasteiger partial charge in [0.2, 0.25) is 0 Å². The van der Waals surface area contributed by atoms with Crippen molar-refractivity contribution >= 4 is 24.7 Å². The first-order valence-corrected chi connectivity index (χ1v) is 12.2. The van der Waals surface area contributed by atoms with Gasteiger partial charge in [-0.2, -0.15) is 0 Å². The Morgan fingerprint density at radius 2 is 0.750 bits per heavy atom. The van der Waals surface area contributed by atoms with Crippen LogP contribution in [-0.2, 0) is 25.5 Å². The van der Waals surface area contributed by atoms with E-state index in [1.54, 1.807) is 91.0 Å². The van der Waals surface area contributed by atoms with E-state index in [4.69, 9.17) is 0 Å². The van der Waals surface area contributed by atoms with E-state index >= 15 is 0 Å². The first kappa shape index (κ1) is 24.9. The Bertz CT molecular complexity index is 958. The summed E-state index contributed by atoms with van der Waals surface area (Å²) >= 11 is -3.00. The van der Waals surface area contributed by atoms with Gasteiger partial charge in [0.05, 0.1) is 6.42 Å². The molecule has 3 rings (SSSR count). The summed E-state index contributed by atoms with van der Waals surface area (Å²) < 4.78 is -1.06. The van der Waals surface area contributed by atoms with Crippen LogP contribution < -0.4 is 0 Å². The van der Waals surface area contributed by atoms with E-state index in [2.05, 4.69) is 0 Å². The average molecular weight is 518 g/mol. The molecule has 0 saturated heterocycles. The standard InChI is InChI=1S/3C7H5O.C5H8O2.Rh/c3*8-6-7-4-2-1-3-5-7;1-4(6)3-5(2)7;/h3*1-5H;3H2,1-2H3;. The SMILES string of the molecule is CC(=O)CC(C)=O.O=[C](c1ccccc1)[Rh]([C](=O)c1ccccc1)[C](=O)c1ccccc1. The van der Waals surface area contributed by atoms with Crippen LogP contribution in [0, 0.1) is 0 Å². The van der Waals surface area contributed by atoms with E-state index in [-0.39, 0.29) is 31.1 Å². The van der Waals surface area contributed by atoms with E-state index in [0.29, 0.717) is 16.7 Å². The molecular weight excluding hydrogens is 495 g/mol. The fraction of sp³-hybridized carbons (Fsp3) is 0.115. The minimum absolute atomic E-state index is 0.0625. The van der Waals surface area contributed by atoms with E-state index in [1.165, 1.54) is 13.8 Å². The van der Waals surface area contributed by atoms with Crippen molar-refractivity contribution in [3.63, 3.8) is 0 Å². The molecule has 0 unspecified atom stereocenters. The summed E-state index contributed by atoms with van der Waals surface area (Å²) in [6, 6.07) is 25.7. The maximum atomic E-state index is 13.0. The molecule has 166 valence electrons. The van der Waals surface area contributed by atoms with Crippen LogP contribution in [-0.4, -0.2) is 24.7 Å². The van der Waals surface area contributed by atoms with Crippen LogP contribution in [0.15, 0.2) is 91.0 Å². The first-order chi connectivity index (χ1) is 15.3. The van der Waals surface area contributed by atoms with Gasteiger partial charge in [-0.1, -0.05) is 0 Å². The summed E-state index contributed by atoms with van der Waals surface area (Å²) in [4.78, 5) is 59.0. The fourth-order valence-electron chi connectivity index (χ4n) is 2.53. The summed E-state index contributed by atoms with van der Waals surface area (Å²) in [5.41, 5.74) is 1.22. The predicted octanol–water partition coefficient (Wildman–Crippen LogP) is 4.68. The predicted molar refractivity (Wildman–Crippen MR) is 118 cm³/mol. The Kier molecular flexibility index (Phi) is 9.71. The topological polar surface area (TPSA) is 85.3 Å². The Morgan fingerprint density at radius 1 is 0.500 bits per heavy atom. The number of carbonyl (C=O) groups is 5. The molecule has 32 heavy (non-hydrogen) atoms. The molecule has 0 aromatic heterocycles. The molecular formula is C26H23O5Rh. The van der Waals surface area contributed by atoms with Crippen LogP contribution in [0.25, 0.3) is 0 Å². The third-order valence-corrected chi connectivity index (χ3v) is 7.57. The van der Waals surface area contributed by atoms with Gasteiger partial charge in [0, 0.05) is 0 Å². The van der Waals surface area contributed by atoms with Crippen molar-refractivity contribution in [3.05, 3.63) is 108 Å². The molecule has 0 heterocycles. The summed E-state index contributed by atoms with van der Waals surface area (Å²) in [6.45, 7) is 2.81. The Hall–Kier alpha value is -3.37. The monoisotopic (exact) mass is 518 g/mol. The van der Waals surface area contributed by atoms with Crippen LogP contribution in [0.1, 0.15) is 51.3 Å². The fourth-order valence-corrected chi connectivity index (χ4v) is 5.78. The molecule has 0 fully saturated rings. The minimum atomic E-state index is -3.00. The molecule has 6 heteroatoms. The zero-order valence-electron chi connectivity index (χ0n) is 17.7. The van der Waals surface area contributed by atoms with Crippen LogP contribution in [0.4, 0.5) is 0 Å². The van der Waals surface area contributed by atoms with E-state index in [1.807, 2.05) is 0 Å². The molecule has 0 radical (unpaired) electrons. The van der Waals surface area contributed by atoms with E-state index < -0.39 is 16.0 Å². The van der Waals surface area contributed by atoms with Gasteiger partial charge in [0.15, 0.2) is 0 Å². The summed E-state index contributed by atoms with van der Waals surface area (Å²) in [7, 11) is 0. The van der Waals surface area contributed by atoms with Crippen molar-refractivity contribution in [1.82, 2.24) is 0 Å². The Morgan fingerprint density at radius 3 is 0.938 bits per heavy atom. The number of ketones is 2. The van der Waals surface area contributed by atoms with E-state index in [0.717, 1.165) is 0 Å². The molecule has 0 spiro atoms. The second kappa shape index (κ2) is 12.5. The molecule has 0 aliphatic heterocycles. The van der Waals surface area contributed by atoms with Gasteiger partial charge in [0.25, 0.3) is 0 Å². The van der Waals surface area contributed by atoms with Crippen molar-refractivity contribution < 1.29 is 39.9 Å². The van der Waals surface area contributed by atoms with Crippen molar-refractivity contribution in [3.8, 4) is 0 Å². The quantitative estimate of drug-likeness (QED) is 0.320. The zero-order valence-corrected chi connectivity index (χ0v) is 19.4. The number of carbonyl (C=O) groups excluding carboxylic acids is 5. The zero-order chi connectivity index (χ0) is 23.5. The molecule has 3 aromatic carbocycles. The molecule has 0 atom stereocenters. The molecule has 0 bridgehead atoms. The van der Waals surface area contributed by atoms with Crippen LogP contribution in [0.2, 0.25) is 0 Å². The second-order valence-electron chi connectivity index (χ2n) is 6.69. The second-order valence-corrected chi connectivity index (χ2v) is 10.2. The number of rotatable bonds is 8. The molecule has 0 aliphatic carbocycles. The van der Waals surface area contributed by atoms with Gasteiger partial charge in [-0.15, -0.1) is 0 Å². The number of hydrogen-bond donors (Lipinski definition) is 0. The molecule has 5 nitrogen and oxygen atoms in total. The number of Topliss-reactive ketones (excluding diaryl/α,β-unsaturated/α-hetero) is 2. The van der Waals surface area contributed by atoms with Crippen molar-refractivity contribution in [1.29, 1.82) is 0 Å². The van der Waals surface area contributed by atoms with Gasteiger partial charge in [-0.05, 0) is 13.8 Å². The van der Waals surface area contributed by atoms with Gasteiger partial charge >= 0.3 is 151 Å². The normalized spacial score (nSPS) is 10.2. The molecule has 0 aliphatic rings.